The number of ether oxygens (including phenoxy) is 1. The van der Waals surface area contributed by atoms with Crippen molar-refractivity contribution in [3.8, 4) is 0 Å². The minimum Gasteiger partial charge on any atom is -0.383 e. The van der Waals surface area contributed by atoms with Crippen LogP contribution in [0, 0.1) is 10.1 Å². The highest BCUT2D eigenvalue weighted by Gasteiger charge is 2.16. The largest absolute Gasteiger partial charge is 0.383 e. The van der Waals surface area contributed by atoms with Gasteiger partial charge in [-0.15, -0.1) is 0 Å². The molecule has 2 N–H and O–H groups in total. The van der Waals surface area contributed by atoms with Gasteiger partial charge in [0.2, 0.25) is 11.8 Å². The third-order valence-electron chi connectivity index (χ3n) is 1.90. The van der Waals surface area contributed by atoms with E-state index in [-0.39, 0.29) is 11.5 Å². The number of anilines is 2. The number of aromatic nitrogens is 2. The fraction of sp³-hybridized carbons (Fsp3) is 0.556. The topological polar surface area (TPSA) is 102 Å². The highest BCUT2D eigenvalue weighted by Crippen LogP contribution is 2.21. The molecule has 94 valence electrons. The first-order chi connectivity index (χ1) is 8.19. The number of methoxy groups -OCH3 is 1. The highest BCUT2D eigenvalue weighted by atomic mass is 16.6. The summed E-state index contributed by atoms with van der Waals surface area (Å²) in [7, 11) is 1.56. The molecule has 0 unspecified atom stereocenters. The van der Waals surface area contributed by atoms with E-state index in [0.29, 0.717) is 25.6 Å². The lowest BCUT2D eigenvalue weighted by atomic mass is 10.4. The van der Waals surface area contributed by atoms with Crippen LogP contribution in [0.4, 0.5) is 17.5 Å². The summed E-state index contributed by atoms with van der Waals surface area (Å²) in [5.74, 6) is 0.552. The molecule has 0 spiro atoms. The second-order valence-electron chi connectivity index (χ2n) is 3.13. The lowest BCUT2D eigenvalue weighted by Gasteiger charge is -2.07. The van der Waals surface area contributed by atoms with Crippen molar-refractivity contribution in [1.29, 1.82) is 0 Å². The summed E-state index contributed by atoms with van der Waals surface area (Å²) in [6.07, 6.45) is 1.18. The Morgan fingerprint density at radius 3 is 2.88 bits per heavy atom. The van der Waals surface area contributed by atoms with Gasteiger partial charge >= 0.3 is 5.69 Å². The minimum absolute atomic E-state index is 0.150. The molecule has 1 aromatic heterocycles. The number of rotatable bonds is 7. The third-order valence-corrected chi connectivity index (χ3v) is 1.90. The number of nitrogens with one attached hydrogen (secondary N) is 2. The maximum atomic E-state index is 10.8. The van der Waals surface area contributed by atoms with Crippen LogP contribution >= 0.6 is 0 Å². The maximum Gasteiger partial charge on any atom is 0.329 e. The van der Waals surface area contributed by atoms with Crippen LogP contribution in [0.5, 0.6) is 0 Å². The second kappa shape index (κ2) is 6.59. The first-order valence-electron chi connectivity index (χ1n) is 5.17. The van der Waals surface area contributed by atoms with Gasteiger partial charge < -0.3 is 15.4 Å². The van der Waals surface area contributed by atoms with Crippen LogP contribution in [0.2, 0.25) is 0 Å². The van der Waals surface area contributed by atoms with Crippen LogP contribution in [-0.2, 0) is 4.74 Å². The second-order valence-corrected chi connectivity index (χ2v) is 3.13. The Labute approximate surface area is 98.6 Å². The Hall–Kier alpha value is -1.96. The zero-order chi connectivity index (χ0) is 12.7. The van der Waals surface area contributed by atoms with Crippen molar-refractivity contribution in [3.63, 3.8) is 0 Å². The highest BCUT2D eigenvalue weighted by molar-refractivity contribution is 5.56. The van der Waals surface area contributed by atoms with E-state index in [1.807, 2.05) is 6.92 Å². The van der Waals surface area contributed by atoms with Crippen molar-refractivity contribution in [2.24, 2.45) is 0 Å². The zero-order valence-corrected chi connectivity index (χ0v) is 9.77. The van der Waals surface area contributed by atoms with E-state index in [0.717, 1.165) is 0 Å². The van der Waals surface area contributed by atoms with E-state index in [1.54, 1.807) is 7.11 Å². The number of hydrogen-bond donors (Lipinski definition) is 2. The number of nitro groups is 1. The molecule has 0 aliphatic carbocycles. The average molecular weight is 241 g/mol. The molecule has 1 aromatic rings. The van der Waals surface area contributed by atoms with Crippen LogP contribution < -0.4 is 10.6 Å². The molecule has 8 nitrogen and oxygen atoms in total. The fourth-order valence-electron chi connectivity index (χ4n) is 1.15. The van der Waals surface area contributed by atoms with Crippen molar-refractivity contribution in [1.82, 2.24) is 9.97 Å². The zero-order valence-electron chi connectivity index (χ0n) is 9.77. The van der Waals surface area contributed by atoms with Gasteiger partial charge in [-0.3, -0.25) is 10.1 Å². The molecule has 1 heterocycles. The summed E-state index contributed by atoms with van der Waals surface area (Å²) in [6.45, 7) is 3.43. The van der Waals surface area contributed by atoms with E-state index in [9.17, 15) is 10.1 Å². The van der Waals surface area contributed by atoms with Gasteiger partial charge in [0.1, 0.15) is 6.20 Å². The smallest absolute Gasteiger partial charge is 0.329 e. The minimum atomic E-state index is -0.523. The summed E-state index contributed by atoms with van der Waals surface area (Å²) < 4.78 is 4.85. The fourth-order valence-corrected chi connectivity index (χ4v) is 1.15. The lowest BCUT2D eigenvalue weighted by molar-refractivity contribution is -0.384. The standard InChI is InChI=1S/C9H15N5O3/c1-3-10-9-12-6-7(14(15)16)8(13-9)11-4-5-17-2/h6H,3-5H2,1-2H3,(H2,10,11,12,13). The summed E-state index contributed by atoms with van der Waals surface area (Å²) in [5.41, 5.74) is -0.150. The quantitative estimate of drug-likeness (QED) is 0.415. The Kier molecular flexibility index (Phi) is 5.08. The Morgan fingerprint density at radius 2 is 2.29 bits per heavy atom. The van der Waals surface area contributed by atoms with Gasteiger partial charge in [-0.1, -0.05) is 0 Å². The molecule has 0 saturated heterocycles. The maximum absolute atomic E-state index is 10.8. The molecule has 8 heteroatoms. The molecule has 0 aliphatic heterocycles. The van der Waals surface area contributed by atoms with Crippen molar-refractivity contribution in [3.05, 3.63) is 16.3 Å². The lowest BCUT2D eigenvalue weighted by Crippen LogP contribution is -2.12. The van der Waals surface area contributed by atoms with Crippen LogP contribution in [0.1, 0.15) is 6.92 Å². The molecular formula is C9H15N5O3. The van der Waals surface area contributed by atoms with Gasteiger partial charge in [0.15, 0.2) is 0 Å². The monoisotopic (exact) mass is 241 g/mol. The first-order valence-corrected chi connectivity index (χ1v) is 5.17. The van der Waals surface area contributed by atoms with Crippen LogP contribution in [0.15, 0.2) is 6.20 Å². The summed E-state index contributed by atoms with van der Waals surface area (Å²) >= 11 is 0. The van der Waals surface area contributed by atoms with Gasteiger partial charge in [0.25, 0.3) is 0 Å². The summed E-state index contributed by atoms with van der Waals surface area (Å²) in [4.78, 5) is 18.1. The van der Waals surface area contributed by atoms with Crippen LogP contribution in [0.25, 0.3) is 0 Å². The van der Waals surface area contributed by atoms with Gasteiger partial charge in [-0.2, -0.15) is 4.98 Å². The van der Waals surface area contributed by atoms with E-state index in [4.69, 9.17) is 4.74 Å². The Balaban J connectivity index is 2.86. The van der Waals surface area contributed by atoms with Crippen LogP contribution in [-0.4, -0.2) is 41.7 Å². The molecule has 0 bridgehead atoms. The van der Waals surface area contributed by atoms with Crippen molar-refractivity contribution in [2.45, 2.75) is 6.92 Å². The molecule has 0 radical (unpaired) electrons. The Bertz CT molecular complexity index is 385. The van der Waals surface area contributed by atoms with Crippen molar-refractivity contribution < 1.29 is 9.66 Å². The summed E-state index contributed by atoms with van der Waals surface area (Å²) in [6, 6.07) is 0. The molecule has 17 heavy (non-hydrogen) atoms. The molecule has 0 atom stereocenters. The van der Waals surface area contributed by atoms with Gasteiger partial charge in [0, 0.05) is 20.2 Å². The van der Waals surface area contributed by atoms with Crippen molar-refractivity contribution >= 4 is 17.5 Å². The molecule has 0 amide bonds. The molecule has 0 saturated carbocycles. The van der Waals surface area contributed by atoms with Crippen molar-refractivity contribution in [2.75, 3.05) is 37.4 Å². The molecule has 0 aromatic carbocycles. The van der Waals surface area contributed by atoms with Gasteiger partial charge in [0.05, 0.1) is 11.5 Å². The SMILES string of the molecule is CCNc1ncc([N+](=O)[O-])c(NCCOC)n1. The first kappa shape index (κ1) is 13.1. The van der Waals surface area contributed by atoms with Gasteiger partial charge in [-0.05, 0) is 6.92 Å². The predicted molar refractivity (Wildman–Crippen MR) is 63.2 cm³/mol. The number of nitrogens with zero attached hydrogens (tertiary/aromatic N) is 3. The molecule has 0 fully saturated rings. The predicted octanol–water partition coefficient (Wildman–Crippen LogP) is 0.875. The average Bonchev–Trinajstić information content (AvgIpc) is 2.30. The van der Waals surface area contributed by atoms with E-state index >= 15 is 0 Å². The Morgan fingerprint density at radius 1 is 1.53 bits per heavy atom. The van der Waals surface area contributed by atoms with E-state index in [1.165, 1.54) is 6.20 Å². The third kappa shape index (κ3) is 3.83. The molecule has 0 aliphatic rings. The van der Waals surface area contributed by atoms with E-state index in [2.05, 4.69) is 20.6 Å². The number of hydrogen-bond acceptors (Lipinski definition) is 7. The normalized spacial score (nSPS) is 10.0. The van der Waals surface area contributed by atoms with Gasteiger partial charge in [-0.25, -0.2) is 4.98 Å². The van der Waals surface area contributed by atoms with Crippen LogP contribution in [0.3, 0.4) is 0 Å². The molecule has 1 rings (SSSR count). The van der Waals surface area contributed by atoms with E-state index < -0.39 is 4.92 Å². The summed E-state index contributed by atoms with van der Waals surface area (Å²) in [5, 5.41) is 16.5. The molecular weight excluding hydrogens is 226 g/mol.